The Hall–Kier alpha value is -0.440. The maximum atomic E-state index is 13.1. The van der Waals surface area contributed by atoms with Gasteiger partial charge in [-0.15, -0.1) is 0 Å². The molecule has 1 saturated carbocycles. The molecule has 1 aliphatic carbocycles. The fourth-order valence-electron chi connectivity index (χ4n) is 2.64. The van der Waals surface area contributed by atoms with Crippen LogP contribution in [-0.2, 0) is 6.42 Å². The molecule has 0 N–H and O–H groups in total. The van der Waals surface area contributed by atoms with Gasteiger partial charge in [0.15, 0.2) is 0 Å². The van der Waals surface area contributed by atoms with Crippen LogP contribution in [-0.4, -0.2) is 10.7 Å². The first-order chi connectivity index (χ1) is 8.48. The molecule has 1 atom stereocenters. The third kappa shape index (κ3) is 3.53. The molecule has 0 spiro atoms. The van der Waals surface area contributed by atoms with Crippen molar-refractivity contribution in [2.24, 2.45) is 5.92 Å². The number of aryl methyl sites for hydroxylation is 1. The van der Waals surface area contributed by atoms with Gasteiger partial charge >= 0.3 is 0 Å². The zero-order valence-electron chi connectivity index (χ0n) is 10.6. The molecule has 0 aliphatic heterocycles. The highest BCUT2D eigenvalue weighted by atomic mass is 79.9. The van der Waals surface area contributed by atoms with E-state index in [4.69, 9.17) is 0 Å². The Kier molecular flexibility index (Phi) is 4.41. The molecule has 0 nitrogen and oxygen atoms in total. The van der Waals surface area contributed by atoms with Crippen molar-refractivity contribution in [1.82, 2.24) is 0 Å². The van der Waals surface area contributed by atoms with Gasteiger partial charge in [-0.25, -0.2) is 8.78 Å². The Morgan fingerprint density at radius 2 is 1.89 bits per heavy atom. The SMILES string of the molecule is Cc1ccccc1CC(Br)C1CCC(F)(F)CC1. The second-order valence-electron chi connectivity index (χ2n) is 5.34. The minimum atomic E-state index is -2.42. The summed E-state index contributed by atoms with van der Waals surface area (Å²) in [6.07, 6.45) is 2.30. The van der Waals surface area contributed by atoms with E-state index in [0.29, 0.717) is 23.6 Å². The van der Waals surface area contributed by atoms with Gasteiger partial charge in [-0.3, -0.25) is 0 Å². The highest BCUT2D eigenvalue weighted by molar-refractivity contribution is 9.09. The maximum absolute atomic E-state index is 13.1. The monoisotopic (exact) mass is 316 g/mol. The quantitative estimate of drug-likeness (QED) is 0.678. The third-order valence-electron chi connectivity index (χ3n) is 3.95. The van der Waals surface area contributed by atoms with Crippen LogP contribution in [0.5, 0.6) is 0 Å². The van der Waals surface area contributed by atoms with E-state index in [1.807, 2.05) is 12.1 Å². The summed E-state index contributed by atoms with van der Waals surface area (Å²) in [6.45, 7) is 2.10. The molecule has 0 heterocycles. The lowest BCUT2D eigenvalue weighted by Crippen LogP contribution is -2.29. The maximum Gasteiger partial charge on any atom is 0.248 e. The first kappa shape index (κ1) is 14.0. The molecule has 100 valence electrons. The molecule has 1 aromatic carbocycles. The first-order valence-corrected chi connectivity index (χ1v) is 7.46. The van der Waals surface area contributed by atoms with Crippen molar-refractivity contribution in [3.63, 3.8) is 0 Å². The highest BCUT2D eigenvalue weighted by Crippen LogP contribution is 2.39. The number of alkyl halides is 3. The number of rotatable bonds is 3. The molecule has 1 aliphatic rings. The molecule has 0 aromatic heterocycles. The molecule has 1 unspecified atom stereocenters. The van der Waals surface area contributed by atoms with E-state index < -0.39 is 5.92 Å². The Balaban J connectivity index is 1.93. The van der Waals surface area contributed by atoms with E-state index in [0.717, 1.165) is 6.42 Å². The van der Waals surface area contributed by atoms with Gasteiger partial charge < -0.3 is 0 Å². The fraction of sp³-hybridized carbons (Fsp3) is 0.600. The van der Waals surface area contributed by atoms with E-state index in [1.54, 1.807) is 0 Å². The first-order valence-electron chi connectivity index (χ1n) is 6.54. The minimum absolute atomic E-state index is 0.0491. The average molecular weight is 317 g/mol. The van der Waals surface area contributed by atoms with E-state index in [2.05, 4.69) is 35.0 Å². The van der Waals surface area contributed by atoms with Gasteiger partial charge in [-0.05, 0) is 43.2 Å². The van der Waals surface area contributed by atoms with Crippen molar-refractivity contribution in [2.75, 3.05) is 0 Å². The van der Waals surface area contributed by atoms with Crippen molar-refractivity contribution < 1.29 is 8.78 Å². The molecule has 0 bridgehead atoms. The smallest absolute Gasteiger partial charge is 0.207 e. The topological polar surface area (TPSA) is 0 Å². The van der Waals surface area contributed by atoms with Crippen molar-refractivity contribution >= 4 is 15.9 Å². The molecule has 0 radical (unpaired) electrons. The lowest BCUT2D eigenvalue weighted by molar-refractivity contribution is -0.0456. The summed E-state index contributed by atoms with van der Waals surface area (Å²) < 4.78 is 26.2. The zero-order valence-corrected chi connectivity index (χ0v) is 12.2. The molecular formula is C15H19BrF2. The van der Waals surface area contributed by atoms with Crippen LogP contribution < -0.4 is 0 Å². The van der Waals surface area contributed by atoms with Crippen molar-refractivity contribution in [3.8, 4) is 0 Å². The summed E-state index contributed by atoms with van der Waals surface area (Å²) >= 11 is 3.70. The Labute approximate surface area is 116 Å². The molecular weight excluding hydrogens is 298 g/mol. The number of hydrogen-bond donors (Lipinski definition) is 0. The second-order valence-corrected chi connectivity index (χ2v) is 6.52. The standard InChI is InChI=1S/C15H19BrF2/c1-11-4-2-3-5-13(11)10-14(16)12-6-8-15(17,18)9-7-12/h2-5,12,14H,6-10H2,1H3. The van der Waals surface area contributed by atoms with E-state index in [9.17, 15) is 8.78 Å². The van der Waals surface area contributed by atoms with Crippen LogP contribution in [0.4, 0.5) is 8.78 Å². The van der Waals surface area contributed by atoms with Gasteiger partial charge in [0.05, 0.1) is 0 Å². The number of hydrogen-bond acceptors (Lipinski definition) is 0. The van der Waals surface area contributed by atoms with Crippen LogP contribution in [0.25, 0.3) is 0 Å². The van der Waals surface area contributed by atoms with E-state index >= 15 is 0 Å². The summed E-state index contributed by atoms with van der Waals surface area (Å²) in [7, 11) is 0. The van der Waals surface area contributed by atoms with Crippen LogP contribution in [0, 0.1) is 12.8 Å². The van der Waals surface area contributed by atoms with Gasteiger partial charge in [0.1, 0.15) is 0 Å². The lowest BCUT2D eigenvalue weighted by atomic mass is 9.83. The molecule has 2 rings (SSSR count). The Morgan fingerprint density at radius 3 is 2.50 bits per heavy atom. The molecule has 0 amide bonds. The van der Waals surface area contributed by atoms with Crippen LogP contribution in [0.2, 0.25) is 0 Å². The van der Waals surface area contributed by atoms with Crippen LogP contribution in [0.1, 0.15) is 36.8 Å². The van der Waals surface area contributed by atoms with Crippen LogP contribution in [0.3, 0.4) is 0 Å². The summed E-state index contributed by atoms with van der Waals surface area (Å²) in [5, 5.41) is 0. The zero-order chi connectivity index (χ0) is 13.2. The predicted molar refractivity (Wildman–Crippen MR) is 74.5 cm³/mol. The Bertz CT molecular complexity index is 393. The van der Waals surface area contributed by atoms with Gasteiger partial charge in [0.25, 0.3) is 0 Å². The van der Waals surface area contributed by atoms with Crippen molar-refractivity contribution in [1.29, 1.82) is 0 Å². The largest absolute Gasteiger partial charge is 0.248 e. The third-order valence-corrected chi connectivity index (χ3v) is 5.02. The number of halogens is 3. The molecule has 18 heavy (non-hydrogen) atoms. The van der Waals surface area contributed by atoms with Gasteiger partial charge in [-0.1, -0.05) is 40.2 Å². The van der Waals surface area contributed by atoms with Crippen LogP contribution in [0.15, 0.2) is 24.3 Å². The van der Waals surface area contributed by atoms with Gasteiger partial charge in [0, 0.05) is 17.7 Å². The Morgan fingerprint density at radius 1 is 1.28 bits per heavy atom. The predicted octanol–water partition coefficient (Wildman–Crippen LogP) is 5.13. The lowest BCUT2D eigenvalue weighted by Gasteiger charge is -2.31. The number of benzene rings is 1. The van der Waals surface area contributed by atoms with Crippen LogP contribution >= 0.6 is 15.9 Å². The summed E-state index contributed by atoms with van der Waals surface area (Å²) in [6, 6.07) is 8.30. The average Bonchev–Trinajstić information content (AvgIpc) is 2.32. The van der Waals surface area contributed by atoms with Gasteiger partial charge in [-0.2, -0.15) is 0 Å². The summed E-state index contributed by atoms with van der Waals surface area (Å²) in [4.78, 5) is 0.315. The van der Waals surface area contributed by atoms with E-state index in [1.165, 1.54) is 11.1 Å². The molecule has 1 fully saturated rings. The van der Waals surface area contributed by atoms with Crippen molar-refractivity contribution in [3.05, 3.63) is 35.4 Å². The van der Waals surface area contributed by atoms with Gasteiger partial charge in [0.2, 0.25) is 5.92 Å². The summed E-state index contributed by atoms with van der Waals surface area (Å²) in [5.41, 5.74) is 2.60. The molecule has 0 saturated heterocycles. The summed E-state index contributed by atoms with van der Waals surface area (Å²) in [5.74, 6) is -2.05. The second kappa shape index (κ2) is 5.68. The normalized spacial score (nSPS) is 21.8. The molecule has 3 heteroatoms. The molecule has 1 aromatic rings. The minimum Gasteiger partial charge on any atom is -0.207 e. The van der Waals surface area contributed by atoms with Crippen molar-refractivity contribution in [2.45, 2.75) is 49.8 Å². The fourth-order valence-corrected chi connectivity index (χ4v) is 3.52. The highest BCUT2D eigenvalue weighted by Gasteiger charge is 2.36. The van der Waals surface area contributed by atoms with E-state index in [-0.39, 0.29) is 12.8 Å².